The fraction of sp³-hybridized carbons (Fsp3) is 1.00. The Labute approximate surface area is 143 Å². The second kappa shape index (κ2) is 6.30. The molecule has 0 aromatic rings. The molecule has 0 aromatic heterocycles. The monoisotopic (exact) mass is 488 g/mol. The molecule has 29 heavy (non-hydrogen) atoms. The summed E-state index contributed by atoms with van der Waals surface area (Å²) in [6, 6.07) is 0. The van der Waals surface area contributed by atoms with E-state index in [0.29, 0.717) is 0 Å². The first kappa shape index (κ1) is 27.6. The van der Waals surface area contributed by atoms with E-state index in [9.17, 15) is 87.8 Å². The number of halogens is 20. The van der Waals surface area contributed by atoms with Crippen LogP contribution in [-0.2, 0) is 0 Å². The van der Waals surface area contributed by atoms with E-state index in [1.165, 1.54) is 0 Å². The number of alkyl halides is 20. The van der Waals surface area contributed by atoms with Crippen LogP contribution in [0.25, 0.3) is 0 Å². The lowest BCUT2D eigenvalue weighted by molar-refractivity contribution is -0.529. The summed E-state index contributed by atoms with van der Waals surface area (Å²) in [7, 11) is 0. The molecule has 0 N–H and O–H groups in total. The Morgan fingerprint density at radius 2 is 0.483 bits per heavy atom. The van der Waals surface area contributed by atoms with Gasteiger partial charge in [-0.05, 0) is 0 Å². The van der Waals surface area contributed by atoms with E-state index in [-0.39, 0.29) is 0 Å². The summed E-state index contributed by atoms with van der Waals surface area (Å²) < 4.78 is 253. The third-order valence-electron chi connectivity index (χ3n) is 3.37. The summed E-state index contributed by atoms with van der Waals surface area (Å²) in [5.41, 5.74) is -19.1. The summed E-state index contributed by atoms with van der Waals surface area (Å²) in [6.45, 7) is 0. The molecule has 0 bridgehead atoms. The van der Waals surface area contributed by atoms with Crippen molar-refractivity contribution in [2.45, 2.75) is 48.4 Å². The lowest BCUT2D eigenvalue weighted by Crippen LogP contribution is -2.83. The third kappa shape index (κ3) is 3.23. The van der Waals surface area contributed by atoms with E-state index in [4.69, 9.17) is 0 Å². The number of hydrogen-bond donors (Lipinski definition) is 0. The minimum Gasteiger partial charge on any atom is -0.222 e. The highest BCUT2D eigenvalue weighted by atomic mass is 19.4. The van der Waals surface area contributed by atoms with Crippen molar-refractivity contribution in [2.75, 3.05) is 0 Å². The molecule has 0 amide bonds. The summed E-state index contributed by atoms with van der Waals surface area (Å²) >= 11 is 0. The van der Waals surface area contributed by atoms with Crippen molar-refractivity contribution in [1.82, 2.24) is 0 Å². The maximum Gasteiger partial charge on any atom is 0.459 e. The first-order chi connectivity index (χ1) is 12.0. The zero-order valence-corrected chi connectivity index (χ0v) is 12.1. The van der Waals surface area contributed by atoms with Crippen molar-refractivity contribution in [3.8, 4) is 0 Å². The molecule has 0 saturated carbocycles. The molecule has 0 spiro atoms. The van der Waals surface area contributed by atoms with E-state index >= 15 is 0 Å². The maximum atomic E-state index is 13.7. The van der Waals surface area contributed by atoms with Gasteiger partial charge in [0.25, 0.3) is 5.41 Å². The second-order valence-electron chi connectivity index (χ2n) is 5.05. The van der Waals surface area contributed by atoms with Crippen molar-refractivity contribution >= 4 is 0 Å². The smallest absolute Gasteiger partial charge is 0.222 e. The van der Waals surface area contributed by atoms with Gasteiger partial charge in [0.2, 0.25) is 0 Å². The molecule has 0 unspecified atom stereocenters. The van der Waals surface area contributed by atoms with Crippen molar-refractivity contribution in [3.63, 3.8) is 0 Å². The van der Waals surface area contributed by atoms with Gasteiger partial charge in [0, 0.05) is 0 Å². The largest absolute Gasteiger partial charge is 0.459 e. The zero-order chi connectivity index (χ0) is 24.5. The van der Waals surface area contributed by atoms with Gasteiger partial charge in [0.15, 0.2) is 0 Å². The Balaban J connectivity index is 8.15. The van der Waals surface area contributed by atoms with Crippen LogP contribution in [0.2, 0.25) is 0 Å². The molecule has 0 aliphatic heterocycles. The lowest BCUT2D eigenvalue weighted by atomic mass is 9.63. The molecule has 0 heterocycles. The van der Waals surface area contributed by atoms with Gasteiger partial charge in [-0.1, -0.05) is 0 Å². The van der Waals surface area contributed by atoms with Crippen LogP contribution in [0, 0.1) is 5.41 Å². The first-order valence-electron chi connectivity index (χ1n) is 5.78. The predicted molar refractivity (Wildman–Crippen MR) is 46.4 cm³/mol. The zero-order valence-electron chi connectivity index (χ0n) is 12.1. The minimum atomic E-state index is -9.68. The van der Waals surface area contributed by atoms with E-state index < -0.39 is 53.8 Å². The van der Waals surface area contributed by atoms with E-state index in [1.54, 1.807) is 0 Å². The third-order valence-corrected chi connectivity index (χ3v) is 3.37. The minimum absolute atomic E-state index is 8.30. The molecule has 0 aliphatic carbocycles. The quantitative estimate of drug-likeness (QED) is 0.386. The molecular weight excluding hydrogens is 488 g/mol. The Hall–Kier alpha value is -1.40. The SMILES string of the molecule is FC(F)(F)C(F)(F)C(F)(F)C(C(F)(F)F)(C(F)(F)F)C(F)(C(F)(F)F)C(F)(F)F. The van der Waals surface area contributed by atoms with Gasteiger partial charge in [-0.3, -0.25) is 0 Å². The Kier molecular flexibility index (Phi) is 6.00. The Morgan fingerprint density at radius 3 is 0.621 bits per heavy atom. The highest BCUT2D eigenvalue weighted by Crippen LogP contribution is 2.75. The fourth-order valence-electron chi connectivity index (χ4n) is 2.12. The highest BCUT2D eigenvalue weighted by molar-refractivity contribution is 5.24. The molecule has 0 radical (unpaired) electrons. The summed E-state index contributed by atoms with van der Waals surface area (Å²) in [5, 5.41) is 0. The molecule has 20 heteroatoms. The van der Waals surface area contributed by atoms with Crippen molar-refractivity contribution in [1.29, 1.82) is 0 Å². The van der Waals surface area contributed by atoms with Gasteiger partial charge in [0.05, 0.1) is 0 Å². The number of hydrogen-bond acceptors (Lipinski definition) is 0. The summed E-state index contributed by atoms with van der Waals surface area (Å²) in [4.78, 5) is 0. The van der Waals surface area contributed by atoms with Gasteiger partial charge in [-0.15, -0.1) is 0 Å². The van der Waals surface area contributed by atoms with Crippen LogP contribution in [-0.4, -0.2) is 48.4 Å². The average Bonchev–Trinajstić information content (AvgIpc) is 2.30. The van der Waals surface area contributed by atoms with Crippen LogP contribution in [0.4, 0.5) is 87.8 Å². The lowest BCUT2D eigenvalue weighted by Gasteiger charge is -2.51. The molecule has 0 rings (SSSR count). The molecule has 0 saturated heterocycles. The van der Waals surface area contributed by atoms with Crippen molar-refractivity contribution in [2.24, 2.45) is 5.41 Å². The van der Waals surface area contributed by atoms with Crippen LogP contribution in [0.5, 0.6) is 0 Å². The van der Waals surface area contributed by atoms with Gasteiger partial charge < -0.3 is 0 Å². The van der Waals surface area contributed by atoms with Crippen LogP contribution in [0.3, 0.4) is 0 Å². The molecular formula is C9F20. The fourth-order valence-corrected chi connectivity index (χ4v) is 2.12. The summed E-state index contributed by atoms with van der Waals surface area (Å²) in [5.74, 6) is -18.4. The van der Waals surface area contributed by atoms with Crippen LogP contribution in [0.1, 0.15) is 0 Å². The maximum absolute atomic E-state index is 13.7. The first-order valence-corrected chi connectivity index (χ1v) is 5.78. The molecule has 0 aromatic carbocycles. The van der Waals surface area contributed by atoms with Gasteiger partial charge in [-0.2, -0.15) is 83.4 Å². The van der Waals surface area contributed by atoms with E-state index in [2.05, 4.69) is 0 Å². The van der Waals surface area contributed by atoms with E-state index in [1.807, 2.05) is 0 Å². The van der Waals surface area contributed by atoms with Gasteiger partial charge >= 0.3 is 48.4 Å². The van der Waals surface area contributed by atoms with Crippen LogP contribution in [0.15, 0.2) is 0 Å². The summed E-state index contributed by atoms with van der Waals surface area (Å²) in [6.07, 6.45) is -44.0. The Morgan fingerprint density at radius 1 is 0.241 bits per heavy atom. The molecule has 176 valence electrons. The molecule has 0 nitrogen and oxygen atoms in total. The Bertz CT molecular complexity index is 560. The van der Waals surface area contributed by atoms with E-state index in [0.717, 1.165) is 0 Å². The van der Waals surface area contributed by atoms with Crippen molar-refractivity contribution < 1.29 is 87.8 Å². The predicted octanol–water partition coefficient (Wildman–Crippen LogP) is 6.76. The standard InChI is InChI=1S/C9F20/c10-2(7(21,22)23,8(24,25)26)1(5(15,16)17,6(18,19)20)3(11,12)4(13,14)9(27,28)29. The van der Waals surface area contributed by atoms with Gasteiger partial charge in [-0.25, -0.2) is 4.39 Å². The molecule has 0 fully saturated rings. The van der Waals surface area contributed by atoms with Gasteiger partial charge in [0.1, 0.15) is 0 Å². The van der Waals surface area contributed by atoms with Crippen LogP contribution >= 0.6 is 0 Å². The normalized spacial score (nSPS) is 17.0. The van der Waals surface area contributed by atoms with Crippen molar-refractivity contribution in [3.05, 3.63) is 0 Å². The highest BCUT2D eigenvalue weighted by Gasteiger charge is 3.05. The topological polar surface area (TPSA) is 0 Å². The van der Waals surface area contributed by atoms with Crippen LogP contribution < -0.4 is 0 Å². The molecule has 0 aliphatic rings. The molecule has 0 atom stereocenters. The average molecular weight is 488 g/mol. The second-order valence-corrected chi connectivity index (χ2v) is 5.05. The number of rotatable bonds is 3.